The lowest BCUT2D eigenvalue weighted by Crippen LogP contribution is -2.17. The van der Waals surface area contributed by atoms with Gasteiger partial charge in [0.15, 0.2) is 11.0 Å². The molecule has 0 aliphatic carbocycles. The smallest absolute Gasteiger partial charge is 0.234 e. The highest BCUT2D eigenvalue weighted by Crippen LogP contribution is 2.27. The Morgan fingerprint density at radius 2 is 1.89 bits per heavy atom. The van der Waals surface area contributed by atoms with Crippen LogP contribution in [0.2, 0.25) is 0 Å². The molecule has 0 radical (unpaired) electrons. The molecule has 27 heavy (non-hydrogen) atoms. The van der Waals surface area contributed by atoms with Crippen molar-refractivity contribution in [2.24, 2.45) is 7.05 Å². The van der Waals surface area contributed by atoms with E-state index in [9.17, 15) is 4.79 Å². The third-order valence-corrected chi connectivity index (χ3v) is 5.55. The standard InChI is InChI=1S/C20H24N4O2S/c1-5-14-8-7-9-15(6-2)18(14)21-17(25)12-27-20-23-22-19(24(20)4)16-10-11-26-13(16)3/h7-11H,5-6,12H2,1-4H3,(H,21,25). The summed E-state index contributed by atoms with van der Waals surface area (Å²) < 4.78 is 7.22. The molecule has 1 amide bonds. The average molecular weight is 385 g/mol. The number of anilines is 1. The lowest BCUT2D eigenvalue weighted by molar-refractivity contribution is -0.113. The number of carbonyl (C=O) groups excluding carboxylic acids is 1. The van der Waals surface area contributed by atoms with E-state index in [0.29, 0.717) is 5.16 Å². The van der Waals surface area contributed by atoms with E-state index < -0.39 is 0 Å². The second kappa shape index (κ2) is 8.43. The number of thioether (sulfide) groups is 1. The van der Waals surface area contributed by atoms with Crippen molar-refractivity contribution in [1.82, 2.24) is 14.8 Å². The van der Waals surface area contributed by atoms with Crippen molar-refractivity contribution in [3.8, 4) is 11.4 Å². The average Bonchev–Trinajstić information content (AvgIpc) is 3.25. The van der Waals surface area contributed by atoms with Gasteiger partial charge >= 0.3 is 0 Å². The van der Waals surface area contributed by atoms with Crippen LogP contribution in [0.3, 0.4) is 0 Å². The first kappa shape index (κ1) is 19.2. The molecule has 0 aliphatic rings. The van der Waals surface area contributed by atoms with Crippen molar-refractivity contribution in [1.29, 1.82) is 0 Å². The molecule has 0 spiro atoms. The summed E-state index contributed by atoms with van der Waals surface area (Å²) in [6.45, 7) is 6.08. The fourth-order valence-electron chi connectivity index (χ4n) is 3.00. The molecule has 0 atom stereocenters. The summed E-state index contributed by atoms with van der Waals surface area (Å²) in [5.74, 6) is 1.76. The first-order chi connectivity index (χ1) is 13.0. The molecule has 3 aromatic rings. The number of carbonyl (C=O) groups is 1. The second-order valence-corrected chi connectivity index (χ2v) is 7.19. The highest BCUT2D eigenvalue weighted by molar-refractivity contribution is 7.99. The number of amides is 1. The molecular weight excluding hydrogens is 360 g/mol. The molecule has 1 N–H and O–H groups in total. The van der Waals surface area contributed by atoms with Gasteiger partial charge < -0.3 is 14.3 Å². The fraction of sp³-hybridized carbons (Fsp3) is 0.350. The van der Waals surface area contributed by atoms with Crippen molar-refractivity contribution in [3.63, 3.8) is 0 Å². The summed E-state index contributed by atoms with van der Waals surface area (Å²) in [4.78, 5) is 12.5. The fourth-order valence-corrected chi connectivity index (χ4v) is 3.71. The maximum atomic E-state index is 12.5. The molecule has 0 bridgehead atoms. The van der Waals surface area contributed by atoms with Gasteiger partial charge in [0, 0.05) is 12.7 Å². The highest BCUT2D eigenvalue weighted by atomic mass is 32.2. The van der Waals surface area contributed by atoms with Gasteiger partial charge in [-0.2, -0.15) is 0 Å². The topological polar surface area (TPSA) is 73.0 Å². The van der Waals surface area contributed by atoms with E-state index in [-0.39, 0.29) is 11.7 Å². The summed E-state index contributed by atoms with van der Waals surface area (Å²) in [6.07, 6.45) is 3.40. The molecule has 0 unspecified atom stereocenters. The molecule has 0 aliphatic heterocycles. The summed E-state index contributed by atoms with van der Waals surface area (Å²) in [5, 5.41) is 12.2. The zero-order valence-corrected chi connectivity index (χ0v) is 16.9. The van der Waals surface area contributed by atoms with Crippen LogP contribution in [0.1, 0.15) is 30.7 Å². The Hall–Kier alpha value is -2.54. The van der Waals surface area contributed by atoms with Crippen LogP contribution in [0, 0.1) is 6.92 Å². The molecular formula is C20H24N4O2S. The zero-order chi connectivity index (χ0) is 19.4. The second-order valence-electron chi connectivity index (χ2n) is 6.25. The van der Waals surface area contributed by atoms with Gasteiger partial charge in [-0.1, -0.05) is 43.8 Å². The minimum Gasteiger partial charge on any atom is -0.469 e. The van der Waals surface area contributed by atoms with Crippen molar-refractivity contribution in [2.75, 3.05) is 11.1 Å². The van der Waals surface area contributed by atoms with Gasteiger partial charge in [0.1, 0.15) is 5.76 Å². The first-order valence-corrected chi connectivity index (χ1v) is 10.0. The van der Waals surface area contributed by atoms with Crippen molar-refractivity contribution < 1.29 is 9.21 Å². The van der Waals surface area contributed by atoms with Gasteiger partial charge in [0.25, 0.3) is 0 Å². The predicted octanol–water partition coefficient (Wildman–Crippen LogP) is 4.24. The Balaban J connectivity index is 1.69. The van der Waals surface area contributed by atoms with Gasteiger partial charge in [-0.3, -0.25) is 4.79 Å². The Morgan fingerprint density at radius 3 is 2.48 bits per heavy atom. The predicted molar refractivity (Wildman–Crippen MR) is 108 cm³/mol. The summed E-state index contributed by atoms with van der Waals surface area (Å²) in [6, 6.07) is 8.03. The minimum absolute atomic E-state index is 0.0420. The number of hydrogen-bond acceptors (Lipinski definition) is 5. The normalized spacial score (nSPS) is 11.0. The van der Waals surface area contributed by atoms with Crippen LogP contribution in [0.15, 0.2) is 40.1 Å². The van der Waals surface area contributed by atoms with E-state index in [4.69, 9.17) is 4.42 Å². The molecule has 1 aromatic carbocycles. The number of para-hydroxylation sites is 1. The number of aryl methyl sites for hydroxylation is 3. The van der Waals surface area contributed by atoms with E-state index in [1.807, 2.05) is 30.7 Å². The Bertz CT molecular complexity index is 923. The van der Waals surface area contributed by atoms with Crippen molar-refractivity contribution >= 4 is 23.4 Å². The van der Waals surface area contributed by atoms with Gasteiger partial charge in [0.05, 0.1) is 17.6 Å². The molecule has 142 valence electrons. The van der Waals surface area contributed by atoms with Gasteiger partial charge in [-0.25, -0.2) is 0 Å². The number of aromatic nitrogens is 3. The Labute approximate surface area is 163 Å². The molecule has 7 heteroatoms. The van der Waals surface area contributed by atoms with Crippen LogP contribution >= 0.6 is 11.8 Å². The van der Waals surface area contributed by atoms with Crippen molar-refractivity contribution in [2.45, 2.75) is 38.8 Å². The van der Waals surface area contributed by atoms with E-state index in [0.717, 1.165) is 46.8 Å². The Morgan fingerprint density at radius 1 is 1.19 bits per heavy atom. The molecule has 0 fully saturated rings. The van der Waals surface area contributed by atoms with Gasteiger partial charge in [0.2, 0.25) is 5.91 Å². The third kappa shape index (κ3) is 4.08. The first-order valence-electron chi connectivity index (χ1n) is 9.02. The van der Waals surface area contributed by atoms with Gasteiger partial charge in [-0.05, 0) is 37.0 Å². The highest BCUT2D eigenvalue weighted by Gasteiger charge is 2.16. The third-order valence-electron chi connectivity index (χ3n) is 4.53. The maximum absolute atomic E-state index is 12.5. The molecule has 6 nitrogen and oxygen atoms in total. The summed E-state index contributed by atoms with van der Waals surface area (Å²) in [5.41, 5.74) is 4.17. The number of nitrogens with zero attached hydrogens (tertiary/aromatic N) is 3. The molecule has 0 saturated carbocycles. The number of furan rings is 1. The lowest BCUT2D eigenvalue weighted by Gasteiger charge is -2.14. The monoisotopic (exact) mass is 384 g/mol. The minimum atomic E-state index is -0.0420. The van der Waals surface area contributed by atoms with Crippen molar-refractivity contribution in [3.05, 3.63) is 47.4 Å². The Kier molecular flexibility index (Phi) is 6.01. The SMILES string of the molecule is CCc1cccc(CC)c1NC(=O)CSc1nnc(-c2ccoc2C)n1C. The largest absolute Gasteiger partial charge is 0.469 e. The molecule has 3 rings (SSSR count). The van der Waals surface area contributed by atoms with Crippen LogP contribution in [-0.4, -0.2) is 26.4 Å². The van der Waals surface area contributed by atoms with Crippen LogP contribution < -0.4 is 5.32 Å². The van der Waals surface area contributed by atoms with E-state index in [1.165, 1.54) is 11.8 Å². The van der Waals surface area contributed by atoms with Gasteiger partial charge in [-0.15, -0.1) is 10.2 Å². The number of benzene rings is 1. The zero-order valence-electron chi connectivity index (χ0n) is 16.1. The molecule has 2 aromatic heterocycles. The van der Waals surface area contributed by atoms with Crippen LogP contribution in [0.5, 0.6) is 0 Å². The number of nitrogens with one attached hydrogen (secondary N) is 1. The quantitative estimate of drug-likeness (QED) is 0.617. The maximum Gasteiger partial charge on any atom is 0.234 e. The van der Waals surface area contributed by atoms with Crippen LogP contribution in [-0.2, 0) is 24.7 Å². The van der Waals surface area contributed by atoms with E-state index in [1.54, 1.807) is 6.26 Å². The lowest BCUT2D eigenvalue weighted by atomic mass is 10.0. The molecule has 0 saturated heterocycles. The number of rotatable bonds is 7. The number of hydrogen-bond donors (Lipinski definition) is 1. The molecule has 2 heterocycles. The summed E-state index contributed by atoms with van der Waals surface area (Å²) >= 11 is 1.37. The van der Waals surface area contributed by atoms with E-state index >= 15 is 0 Å². The van der Waals surface area contributed by atoms with Crippen LogP contribution in [0.4, 0.5) is 5.69 Å². The van der Waals surface area contributed by atoms with E-state index in [2.05, 4.69) is 41.5 Å². The van der Waals surface area contributed by atoms with Crippen LogP contribution in [0.25, 0.3) is 11.4 Å². The summed E-state index contributed by atoms with van der Waals surface area (Å²) in [7, 11) is 1.89.